The highest BCUT2D eigenvalue weighted by molar-refractivity contribution is 5.82. The van der Waals surface area contributed by atoms with Crippen molar-refractivity contribution in [2.45, 2.75) is 53.1 Å². The summed E-state index contributed by atoms with van der Waals surface area (Å²) in [5, 5.41) is 2.87. The maximum absolute atomic E-state index is 12.1. The first-order valence-electron chi connectivity index (χ1n) is 8.12. The molecule has 23 heavy (non-hydrogen) atoms. The van der Waals surface area contributed by atoms with Gasteiger partial charge in [0.1, 0.15) is 0 Å². The van der Waals surface area contributed by atoms with Crippen LogP contribution in [0.3, 0.4) is 0 Å². The van der Waals surface area contributed by atoms with Gasteiger partial charge in [-0.05, 0) is 29.5 Å². The van der Waals surface area contributed by atoms with Gasteiger partial charge in [-0.1, -0.05) is 40.2 Å². The van der Waals surface area contributed by atoms with Gasteiger partial charge in [0.2, 0.25) is 5.91 Å². The lowest BCUT2D eigenvalue weighted by molar-refractivity contribution is -0.124. The van der Waals surface area contributed by atoms with Crippen LogP contribution in [0.15, 0.2) is 18.2 Å². The van der Waals surface area contributed by atoms with Crippen molar-refractivity contribution in [1.82, 2.24) is 5.32 Å². The molecule has 1 atom stereocenters. The number of benzene rings is 1. The summed E-state index contributed by atoms with van der Waals surface area (Å²) in [4.78, 5) is 12.1. The molecule has 0 saturated heterocycles. The Bertz CT molecular complexity index is 509. The van der Waals surface area contributed by atoms with Gasteiger partial charge in [-0.2, -0.15) is 0 Å². The molecule has 1 aromatic carbocycles. The van der Waals surface area contributed by atoms with Crippen LogP contribution in [0.2, 0.25) is 0 Å². The number of hydrogen-bond acceptors (Lipinski definition) is 4. The fourth-order valence-corrected chi connectivity index (χ4v) is 1.96. The minimum atomic E-state index is -0.541. The normalized spacial score (nSPS) is 12.6. The minimum Gasteiger partial charge on any atom is -0.493 e. The quantitative estimate of drug-likeness (QED) is 0.722. The van der Waals surface area contributed by atoms with Crippen molar-refractivity contribution in [2.24, 2.45) is 11.1 Å². The number of carbonyl (C=O) groups is 1. The number of rotatable bonds is 8. The molecular formula is C18H30N2O3. The summed E-state index contributed by atoms with van der Waals surface area (Å²) in [6, 6.07) is 5.14. The molecule has 0 heterocycles. The van der Waals surface area contributed by atoms with Crippen LogP contribution in [0.25, 0.3) is 0 Å². The van der Waals surface area contributed by atoms with Crippen LogP contribution in [0.1, 0.15) is 46.1 Å². The first-order valence-corrected chi connectivity index (χ1v) is 8.12. The highest BCUT2D eigenvalue weighted by Crippen LogP contribution is 2.28. The van der Waals surface area contributed by atoms with E-state index in [9.17, 15) is 4.79 Å². The molecule has 0 unspecified atom stereocenters. The van der Waals surface area contributed by atoms with Gasteiger partial charge in [0.25, 0.3) is 0 Å². The van der Waals surface area contributed by atoms with E-state index < -0.39 is 6.04 Å². The summed E-state index contributed by atoms with van der Waals surface area (Å²) in [5.41, 5.74) is 6.63. The van der Waals surface area contributed by atoms with Gasteiger partial charge >= 0.3 is 0 Å². The lowest BCUT2D eigenvalue weighted by atomic mass is 9.87. The van der Waals surface area contributed by atoms with E-state index in [0.717, 1.165) is 24.2 Å². The molecule has 0 fully saturated rings. The number of hydrogen-bond donors (Lipinski definition) is 2. The third kappa shape index (κ3) is 6.10. The van der Waals surface area contributed by atoms with E-state index in [4.69, 9.17) is 15.2 Å². The minimum absolute atomic E-state index is 0.153. The fourth-order valence-electron chi connectivity index (χ4n) is 1.96. The Kier molecular flexibility index (Phi) is 7.36. The van der Waals surface area contributed by atoms with Crippen LogP contribution in [-0.2, 0) is 11.3 Å². The van der Waals surface area contributed by atoms with Crippen LogP contribution in [-0.4, -0.2) is 25.7 Å². The number of unbranched alkanes of at least 4 members (excludes halogenated alkanes) is 1. The molecule has 0 aliphatic carbocycles. The molecule has 0 aliphatic rings. The monoisotopic (exact) mass is 322 g/mol. The Balaban J connectivity index is 2.66. The van der Waals surface area contributed by atoms with Crippen molar-refractivity contribution >= 4 is 5.91 Å². The molecule has 0 aromatic heterocycles. The highest BCUT2D eigenvalue weighted by Gasteiger charge is 2.27. The summed E-state index contributed by atoms with van der Waals surface area (Å²) in [7, 11) is 1.61. The van der Waals surface area contributed by atoms with E-state index in [1.54, 1.807) is 7.11 Å². The number of nitrogens with one attached hydrogen (secondary N) is 1. The molecule has 0 spiro atoms. The van der Waals surface area contributed by atoms with Crippen LogP contribution in [0.5, 0.6) is 11.5 Å². The molecule has 0 saturated carbocycles. The summed E-state index contributed by atoms with van der Waals surface area (Å²) in [6.45, 7) is 9.04. The first-order chi connectivity index (χ1) is 10.8. The summed E-state index contributed by atoms with van der Waals surface area (Å²) >= 11 is 0. The Labute approximate surface area is 139 Å². The predicted molar refractivity (Wildman–Crippen MR) is 92.7 cm³/mol. The van der Waals surface area contributed by atoms with Crippen LogP contribution in [0.4, 0.5) is 0 Å². The van der Waals surface area contributed by atoms with Gasteiger partial charge in [-0.25, -0.2) is 0 Å². The van der Waals surface area contributed by atoms with Crippen molar-refractivity contribution < 1.29 is 14.3 Å². The van der Waals surface area contributed by atoms with Gasteiger partial charge in [0, 0.05) is 6.54 Å². The molecule has 1 aromatic rings. The Morgan fingerprint density at radius 2 is 2.00 bits per heavy atom. The summed E-state index contributed by atoms with van der Waals surface area (Å²) < 4.78 is 11.1. The molecule has 1 rings (SSSR count). The standard InChI is InChI=1S/C18H30N2O3/c1-6-7-10-23-14-9-8-13(11-15(14)22-5)12-20-17(21)16(19)18(2,3)4/h8-9,11,16H,6-7,10,12,19H2,1-5H3,(H,20,21)/t16-/m1/s1. The average molecular weight is 322 g/mol. The highest BCUT2D eigenvalue weighted by atomic mass is 16.5. The second-order valence-corrected chi connectivity index (χ2v) is 6.75. The lowest BCUT2D eigenvalue weighted by Crippen LogP contribution is -2.48. The maximum Gasteiger partial charge on any atom is 0.237 e. The van der Waals surface area contributed by atoms with Crippen LogP contribution >= 0.6 is 0 Å². The number of nitrogens with two attached hydrogens (primary N) is 1. The van der Waals surface area contributed by atoms with E-state index in [1.165, 1.54) is 0 Å². The molecule has 0 bridgehead atoms. The van der Waals surface area contributed by atoms with Crippen molar-refractivity contribution in [1.29, 1.82) is 0 Å². The van der Waals surface area contributed by atoms with Crippen molar-refractivity contribution in [3.8, 4) is 11.5 Å². The van der Waals surface area contributed by atoms with Crippen molar-refractivity contribution in [2.75, 3.05) is 13.7 Å². The maximum atomic E-state index is 12.1. The number of carbonyl (C=O) groups excluding carboxylic acids is 1. The molecule has 130 valence electrons. The largest absolute Gasteiger partial charge is 0.493 e. The topological polar surface area (TPSA) is 73.6 Å². The van der Waals surface area contributed by atoms with Crippen molar-refractivity contribution in [3.63, 3.8) is 0 Å². The second-order valence-electron chi connectivity index (χ2n) is 6.75. The van der Waals surface area contributed by atoms with E-state index in [-0.39, 0.29) is 11.3 Å². The summed E-state index contributed by atoms with van der Waals surface area (Å²) in [5.74, 6) is 1.25. The first kappa shape index (κ1) is 19.3. The molecule has 1 amide bonds. The van der Waals surface area contributed by atoms with Crippen LogP contribution in [0, 0.1) is 5.41 Å². The Morgan fingerprint density at radius 1 is 1.30 bits per heavy atom. The van der Waals surface area contributed by atoms with E-state index >= 15 is 0 Å². The number of methoxy groups -OCH3 is 1. The van der Waals surface area contributed by atoms with Gasteiger partial charge in [0.15, 0.2) is 11.5 Å². The number of ether oxygens (including phenoxy) is 2. The van der Waals surface area contributed by atoms with Crippen LogP contribution < -0.4 is 20.5 Å². The zero-order valence-electron chi connectivity index (χ0n) is 14.9. The van der Waals surface area contributed by atoms with Gasteiger partial charge in [-0.3, -0.25) is 4.79 Å². The zero-order chi connectivity index (χ0) is 17.5. The SMILES string of the molecule is CCCCOc1ccc(CNC(=O)[C@@H](N)C(C)(C)C)cc1OC. The molecule has 5 heteroatoms. The molecule has 3 N–H and O–H groups in total. The molecule has 5 nitrogen and oxygen atoms in total. The predicted octanol–water partition coefficient (Wildman–Crippen LogP) is 2.86. The second kappa shape index (κ2) is 8.77. The molecular weight excluding hydrogens is 292 g/mol. The van der Waals surface area contributed by atoms with Gasteiger partial charge in [-0.15, -0.1) is 0 Å². The fraction of sp³-hybridized carbons (Fsp3) is 0.611. The van der Waals surface area contributed by atoms with Gasteiger partial charge in [0.05, 0.1) is 19.8 Å². The number of amides is 1. The third-order valence-electron chi connectivity index (χ3n) is 3.67. The smallest absolute Gasteiger partial charge is 0.237 e. The average Bonchev–Trinajstić information content (AvgIpc) is 2.51. The Morgan fingerprint density at radius 3 is 2.57 bits per heavy atom. The third-order valence-corrected chi connectivity index (χ3v) is 3.67. The van der Waals surface area contributed by atoms with E-state index in [1.807, 2.05) is 39.0 Å². The molecule has 0 aliphatic heterocycles. The summed E-state index contributed by atoms with van der Waals surface area (Å²) in [6.07, 6.45) is 2.09. The lowest BCUT2D eigenvalue weighted by Gasteiger charge is -2.25. The van der Waals surface area contributed by atoms with E-state index in [2.05, 4.69) is 12.2 Å². The van der Waals surface area contributed by atoms with E-state index in [0.29, 0.717) is 18.9 Å². The Hall–Kier alpha value is -1.75. The zero-order valence-corrected chi connectivity index (χ0v) is 14.9. The molecule has 0 radical (unpaired) electrons. The van der Waals surface area contributed by atoms with Crippen molar-refractivity contribution in [3.05, 3.63) is 23.8 Å². The van der Waals surface area contributed by atoms with Gasteiger partial charge < -0.3 is 20.5 Å².